The normalized spacial score (nSPS) is 10.7. The van der Waals surface area contributed by atoms with Crippen LogP contribution in [0.4, 0.5) is 5.69 Å². The molecule has 0 saturated carbocycles. The predicted molar refractivity (Wildman–Crippen MR) is 148 cm³/mol. The van der Waals surface area contributed by atoms with E-state index in [0.717, 1.165) is 39.3 Å². The van der Waals surface area contributed by atoms with E-state index in [2.05, 4.69) is 48.5 Å². The van der Waals surface area contributed by atoms with Gasteiger partial charge in [-0.05, 0) is 35.4 Å². The summed E-state index contributed by atoms with van der Waals surface area (Å²) in [5.74, 6) is -0.650. The Hall–Kier alpha value is -4.59. The summed E-state index contributed by atoms with van der Waals surface area (Å²) in [4.78, 5) is 29.5. The Morgan fingerprint density at radius 2 is 1.10 bits per heavy atom. The van der Waals surface area contributed by atoms with Gasteiger partial charge in [0.25, 0.3) is 0 Å². The molecule has 8 nitrogen and oxygen atoms in total. The second-order valence-corrected chi connectivity index (χ2v) is 9.34. The summed E-state index contributed by atoms with van der Waals surface area (Å²) < 4.78 is 14.3. The van der Waals surface area contributed by atoms with Gasteiger partial charge in [0, 0.05) is 54.9 Å². The largest absolute Gasteiger partial charge is 0.464 e. The molecule has 0 aliphatic rings. The van der Waals surface area contributed by atoms with Gasteiger partial charge in [-0.15, -0.1) is 0 Å². The van der Waals surface area contributed by atoms with Crippen LogP contribution in [0, 0.1) is 0 Å². The number of hydrogen-bond donors (Lipinski definition) is 0. The molecule has 0 N–H and O–H groups in total. The van der Waals surface area contributed by atoms with Gasteiger partial charge in [-0.3, -0.25) is 9.59 Å². The minimum absolute atomic E-state index is 0.248. The van der Waals surface area contributed by atoms with Gasteiger partial charge in [-0.25, -0.2) is 14.1 Å². The van der Waals surface area contributed by atoms with E-state index in [-0.39, 0.29) is 25.2 Å². The molecule has 1 aromatic carbocycles. The van der Waals surface area contributed by atoms with Crippen molar-refractivity contribution in [1.29, 1.82) is 0 Å². The maximum Gasteiger partial charge on any atom is 0.302 e. The van der Waals surface area contributed by atoms with E-state index in [1.165, 1.54) is 13.8 Å². The van der Waals surface area contributed by atoms with Crippen molar-refractivity contribution in [3.8, 4) is 33.6 Å². The van der Waals surface area contributed by atoms with Crippen LogP contribution in [0.25, 0.3) is 33.6 Å². The average molecular weight is 527 g/mol. The Bertz CT molecular complexity index is 1340. The predicted octanol–water partition coefficient (Wildman–Crippen LogP) is 3.66. The van der Waals surface area contributed by atoms with Crippen LogP contribution in [0.2, 0.25) is 0 Å². The summed E-state index contributed by atoms with van der Waals surface area (Å²) in [6.07, 6.45) is 8.06. The molecule has 0 atom stereocenters. The van der Waals surface area contributed by atoms with Gasteiger partial charge in [-0.1, -0.05) is 12.1 Å². The van der Waals surface area contributed by atoms with Crippen molar-refractivity contribution < 1.29 is 28.2 Å². The molecule has 0 amide bonds. The minimum atomic E-state index is -0.325. The van der Waals surface area contributed by atoms with E-state index in [9.17, 15) is 9.59 Å². The SMILES string of the molecule is CC(=O)OCCN(CCOC(C)=O)c1ccc(-c2cc(-c3cc[n+](C)cc3)nc(-c3cc[n+](C)cc3)c2)cc1. The lowest BCUT2D eigenvalue weighted by Gasteiger charge is -2.24. The molecule has 0 saturated heterocycles. The number of carbonyl (C=O) groups excluding carboxylic acids is 2. The average Bonchev–Trinajstić information content (AvgIpc) is 2.92. The number of aromatic nitrogens is 3. The van der Waals surface area contributed by atoms with Gasteiger partial charge in [0.2, 0.25) is 0 Å². The summed E-state index contributed by atoms with van der Waals surface area (Å²) in [7, 11) is 3.98. The van der Waals surface area contributed by atoms with Crippen molar-refractivity contribution in [3.63, 3.8) is 0 Å². The minimum Gasteiger partial charge on any atom is -0.464 e. The van der Waals surface area contributed by atoms with Gasteiger partial charge < -0.3 is 14.4 Å². The Morgan fingerprint density at radius 1 is 0.667 bits per heavy atom. The molecule has 39 heavy (non-hydrogen) atoms. The quantitative estimate of drug-likeness (QED) is 0.232. The summed E-state index contributed by atoms with van der Waals surface area (Å²) >= 11 is 0. The number of esters is 2. The topological polar surface area (TPSA) is 76.5 Å². The number of nitrogens with zero attached hydrogens (tertiary/aromatic N) is 4. The molecule has 0 radical (unpaired) electrons. The molecule has 0 aliphatic heterocycles. The van der Waals surface area contributed by atoms with Crippen LogP contribution in [0.3, 0.4) is 0 Å². The summed E-state index contributed by atoms with van der Waals surface area (Å²) in [5.41, 5.74) is 6.90. The first-order chi connectivity index (χ1) is 18.8. The number of pyridine rings is 3. The fraction of sp³-hybridized carbons (Fsp3) is 0.258. The molecule has 8 heteroatoms. The third-order valence-corrected chi connectivity index (χ3v) is 6.27. The molecular weight excluding hydrogens is 492 g/mol. The number of anilines is 1. The van der Waals surface area contributed by atoms with Crippen molar-refractivity contribution in [2.24, 2.45) is 14.1 Å². The standard InChI is InChI=1S/C31H34N4O4/c1-23(36)38-19-17-35(18-20-39-24(2)37)29-7-5-25(6-8-29)28-21-30(26-9-13-33(3)14-10-26)32-31(22-28)27-11-15-34(4)16-12-27/h5-16,21-22H,17-20H2,1-4H3/q+2. The first kappa shape index (κ1) is 27.4. The Labute approximate surface area is 229 Å². The van der Waals surface area contributed by atoms with Crippen LogP contribution < -0.4 is 14.0 Å². The Morgan fingerprint density at radius 3 is 1.51 bits per heavy atom. The fourth-order valence-electron chi connectivity index (χ4n) is 4.17. The second kappa shape index (κ2) is 12.8. The lowest BCUT2D eigenvalue weighted by Crippen LogP contribution is -2.31. The summed E-state index contributed by atoms with van der Waals surface area (Å²) in [6.45, 7) is 4.25. The van der Waals surface area contributed by atoms with Crippen molar-refractivity contribution in [1.82, 2.24) is 4.98 Å². The number of carbonyl (C=O) groups is 2. The second-order valence-electron chi connectivity index (χ2n) is 9.34. The van der Waals surface area contributed by atoms with Crippen molar-refractivity contribution in [2.75, 3.05) is 31.2 Å². The van der Waals surface area contributed by atoms with E-state index < -0.39 is 0 Å². The zero-order valence-corrected chi connectivity index (χ0v) is 22.8. The fourth-order valence-corrected chi connectivity index (χ4v) is 4.17. The molecule has 3 aromatic heterocycles. The van der Waals surface area contributed by atoms with Crippen molar-refractivity contribution in [3.05, 3.63) is 85.5 Å². The zero-order valence-electron chi connectivity index (χ0n) is 22.8. The number of aryl methyl sites for hydroxylation is 2. The molecule has 4 aromatic rings. The number of hydrogen-bond acceptors (Lipinski definition) is 6. The lowest BCUT2D eigenvalue weighted by atomic mass is 10.0. The molecule has 4 rings (SSSR count). The lowest BCUT2D eigenvalue weighted by molar-refractivity contribution is -0.671. The number of rotatable bonds is 10. The van der Waals surface area contributed by atoms with Crippen LogP contribution in [-0.2, 0) is 33.2 Å². The van der Waals surface area contributed by atoms with E-state index in [1.54, 1.807) is 0 Å². The highest BCUT2D eigenvalue weighted by Crippen LogP contribution is 2.31. The highest BCUT2D eigenvalue weighted by Gasteiger charge is 2.13. The zero-order chi connectivity index (χ0) is 27.8. The maximum atomic E-state index is 11.2. The van der Waals surface area contributed by atoms with Gasteiger partial charge >= 0.3 is 11.9 Å². The van der Waals surface area contributed by atoms with E-state index in [1.807, 2.05) is 65.0 Å². The van der Waals surface area contributed by atoms with Crippen molar-refractivity contribution >= 4 is 17.6 Å². The number of benzene rings is 1. The highest BCUT2D eigenvalue weighted by molar-refractivity contribution is 5.77. The van der Waals surface area contributed by atoms with Crippen LogP contribution in [0.15, 0.2) is 85.5 Å². The van der Waals surface area contributed by atoms with Crippen LogP contribution in [-0.4, -0.2) is 43.2 Å². The molecular formula is C31H34N4O4+2. The molecule has 200 valence electrons. The van der Waals surface area contributed by atoms with Crippen LogP contribution in [0.5, 0.6) is 0 Å². The third kappa shape index (κ3) is 7.70. The van der Waals surface area contributed by atoms with E-state index in [4.69, 9.17) is 14.5 Å². The smallest absolute Gasteiger partial charge is 0.302 e. The molecule has 0 bridgehead atoms. The maximum absolute atomic E-state index is 11.2. The van der Waals surface area contributed by atoms with Gasteiger partial charge in [0.15, 0.2) is 24.8 Å². The highest BCUT2D eigenvalue weighted by atomic mass is 16.5. The van der Waals surface area contributed by atoms with E-state index in [0.29, 0.717) is 13.1 Å². The molecule has 0 spiro atoms. The monoisotopic (exact) mass is 526 g/mol. The first-order valence-electron chi connectivity index (χ1n) is 12.8. The Balaban J connectivity index is 1.66. The van der Waals surface area contributed by atoms with Crippen molar-refractivity contribution in [2.45, 2.75) is 13.8 Å². The molecule has 0 unspecified atom stereocenters. The van der Waals surface area contributed by atoms with E-state index >= 15 is 0 Å². The molecule has 0 fully saturated rings. The van der Waals surface area contributed by atoms with Gasteiger partial charge in [0.1, 0.15) is 27.3 Å². The Kier molecular flexibility index (Phi) is 8.99. The van der Waals surface area contributed by atoms with Crippen LogP contribution >= 0.6 is 0 Å². The third-order valence-electron chi connectivity index (χ3n) is 6.27. The first-order valence-corrected chi connectivity index (χ1v) is 12.8. The van der Waals surface area contributed by atoms with Gasteiger partial charge in [0.05, 0.1) is 24.5 Å². The summed E-state index contributed by atoms with van der Waals surface area (Å²) in [5, 5.41) is 0. The van der Waals surface area contributed by atoms with Gasteiger partial charge in [-0.2, -0.15) is 0 Å². The summed E-state index contributed by atoms with van der Waals surface area (Å²) in [6, 6.07) is 20.7. The molecule has 0 aliphatic carbocycles. The number of ether oxygens (including phenoxy) is 2. The molecule has 3 heterocycles. The van der Waals surface area contributed by atoms with Crippen LogP contribution in [0.1, 0.15) is 13.8 Å².